The van der Waals surface area contributed by atoms with Gasteiger partial charge in [-0.15, -0.1) is 0 Å². The molecule has 0 spiro atoms. The van der Waals surface area contributed by atoms with Crippen LogP contribution >= 0.6 is 0 Å². The fraction of sp³-hybridized carbons (Fsp3) is 0.321. The molecule has 1 aliphatic heterocycles. The van der Waals surface area contributed by atoms with Gasteiger partial charge < -0.3 is 0 Å². The Labute approximate surface area is 195 Å². The van der Waals surface area contributed by atoms with E-state index in [0.717, 1.165) is 55.7 Å². The van der Waals surface area contributed by atoms with E-state index in [0.29, 0.717) is 6.04 Å². The van der Waals surface area contributed by atoms with Crippen LogP contribution in [0.3, 0.4) is 0 Å². The van der Waals surface area contributed by atoms with Crippen LogP contribution in [0.1, 0.15) is 36.1 Å². The summed E-state index contributed by atoms with van der Waals surface area (Å²) < 4.78 is 15.3. The van der Waals surface area contributed by atoms with Crippen molar-refractivity contribution in [1.82, 2.24) is 19.6 Å². The van der Waals surface area contributed by atoms with Crippen molar-refractivity contribution in [2.45, 2.75) is 32.9 Å². The maximum atomic E-state index is 13.4. The zero-order valence-corrected chi connectivity index (χ0v) is 19.4. The lowest BCUT2D eigenvalue weighted by Gasteiger charge is -2.42. The molecule has 2 heterocycles. The van der Waals surface area contributed by atoms with Crippen LogP contribution in [-0.2, 0) is 6.54 Å². The Hall–Kier alpha value is -3.02. The number of aromatic nitrogens is 2. The van der Waals surface area contributed by atoms with Crippen LogP contribution in [0, 0.1) is 12.7 Å². The van der Waals surface area contributed by atoms with Gasteiger partial charge in [0, 0.05) is 37.6 Å². The predicted octanol–water partition coefficient (Wildman–Crippen LogP) is 5.74. The van der Waals surface area contributed by atoms with E-state index in [2.05, 4.69) is 71.2 Å². The summed E-state index contributed by atoms with van der Waals surface area (Å²) in [6.45, 7) is 9.75. The van der Waals surface area contributed by atoms with Crippen LogP contribution in [0.25, 0.3) is 16.6 Å². The third-order valence-electron chi connectivity index (χ3n) is 6.72. The predicted molar refractivity (Wildman–Crippen MR) is 132 cm³/mol. The summed E-state index contributed by atoms with van der Waals surface area (Å²) in [4.78, 5) is 5.22. The minimum atomic E-state index is -0.234. The Balaban J connectivity index is 1.47. The molecule has 4 nitrogen and oxygen atoms in total. The first-order valence-electron chi connectivity index (χ1n) is 11.9. The van der Waals surface area contributed by atoms with Gasteiger partial charge in [-0.25, -0.2) is 9.07 Å². The van der Waals surface area contributed by atoms with Crippen LogP contribution in [0.4, 0.5) is 4.39 Å². The number of nitrogens with zero attached hydrogens (tertiary/aromatic N) is 4. The van der Waals surface area contributed by atoms with Gasteiger partial charge >= 0.3 is 0 Å². The molecule has 1 atom stereocenters. The van der Waals surface area contributed by atoms with E-state index in [1.54, 1.807) is 12.1 Å². The van der Waals surface area contributed by atoms with Gasteiger partial charge in [0.2, 0.25) is 0 Å². The zero-order chi connectivity index (χ0) is 22.8. The number of aryl methyl sites for hydroxylation is 1. The average Bonchev–Trinajstić information content (AvgIpc) is 3.23. The molecule has 4 aromatic rings. The molecule has 1 saturated heterocycles. The molecule has 1 fully saturated rings. The highest BCUT2D eigenvalue weighted by Crippen LogP contribution is 2.32. The number of piperazine rings is 1. The average molecular weight is 443 g/mol. The van der Waals surface area contributed by atoms with Crippen molar-refractivity contribution in [3.63, 3.8) is 0 Å². The van der Waals surface area contributed by atoms with Gasteiger partial charge in [0.25, 0.3) is 0 Å². The second-order valence-corrected chi connectivity index (χ2v) is 9.07. The second-order valence-electron chi connectivity index (χ2n) is 9.07. The zero-order valence-electron chi connectivity index (χ0n) is 19.4. The van der Waals surface area contributed by atoms with E-state index in [4.69, 9.17) is 0 Å². The topological polar surface area (TPSA) is 24.3 Å². The quantitative estimate of drug-likeness (QED) is 0.380. The van der Waals surface area contributed by atoms with Gasteiger partial charge in [-0.3, -0.25) is 9.80 Å². The molecule has 0 bridgehead atoms. The van der Waals surface area contributed by atoms with Crippen LogP contribution in [0.15, 0.2) is 72.9 Å². The third-order valence-corrected chi connectivity index (χ3v) is 6.72. The summed E-state index contributed by atoms with van der Waals surface area (Å²) in [5, 5.41) is 5.74. The highest BCUT2D eigenvalue weighted by atomic mass is 19.1. The van der Waals surface area contributed by atoms with Crippen LogP contribution in [0.2, 0.25) is 0 Å². The summed E-state index contributed by atoms with van der Waals surface area (Å²) in [7, 11) is 0. The normalized spacial score (nSPS) is 17.6. The number of hydrogen-bond donors (Lipinski definition) is 0. The van der Waals surface area contributed by atoms with E-state index in [1.165, 1.54) is 28.8 Å². The number of rotatable bonds is 6. The molecule has 170 valence electrons. The molecule has 1 aromatic heterocycles. The molecule has 0 amide bonds. The SMILES string of the molecule is CCCN1CCN(Cc2ccccc2)C[C@H]1c1cc2cnn(-c3ccc(F)cc3)c2cc1C. The van der Waals surface area contributed by atoms with E-state index in [9.17, 15) is 4.39 Å². The monoisotopic (exact) mass is 442 g/mol. The fourth-order valence-corrected chi connectivity index (χ4v) is 5.06. The molecule has 0 aliphatic carbocycles. The van der Waals surface area contributed by atoms with Gasteiger partial charge in [-0.2, -0.15) is 5.10 Å². The van der Waals surface area contributed by atoms with Crippen molar-refractivity contribution in [2.75, 3.05) is 26.2 Å². The fourth-order valence-electron chi connectivity index (χ4n) is 5.06. The van der Waals surface area contributed by atoms with Gasteiger partial charge in [0.1, 0.15) is 5.82 Å². The number of halogens is 1. The van der Waals surface area contributed by atoms with Crippen molar-refractivity contribution < 1.29 is 4.39 Å². The smallest absolute Gasteiger partial charge is 0.123 e. The summed E-state index contributed by atoms with van der Waals surface area (Å²) in [6, 6.07) is 22.2. The molecule has 0 N–H and O–H groups in total. The van der Waals surface area contributed by atoms with E-state index in [1.807, 2.05) is 10.9 Å². The Morgan fingerprint density at radius 1 is 1.00 bits per heavy atom. The molecule has 0 radical (unpaired) electrons. The molecule has 5 rings (SSSR count). The van der Waals surface area contributed by atoms with Crippen LogP contribution < -0.4 is 0 Å². The Morgan fingerprint density at radius 3 is 2.55 bits per heavy atom. The summed E-state index contributed by atoms with van der Waals surface area (Å²) in [5.74, 6) is -0.234. The first-order valence-corrected chi connectivity index (χ1v) is 11.9. The molecule has 1 aliphatic rings. The van der Waals surface area contributed by atoms with E-state index >= 15 is 0 Å². The maximum Gasteiger partial charge on any atom is 0.123 e. The molecule has 3 aromatic carbocycles. The van der Waals surface area contributed by atoms with Crippen molar-refractivity contribution in [3.05, 3.63) is 95.4 Å². The van der Waals surface area contributed by atoms with Gasteiger partial charge in [0.15, 0.2) is 0 Å². The molecule has 0 unspecified atom stereocenters. The second kappa shape index (κ2) is 9.46. The highest BCUT2D eigenvalue weighted by Gasteiger charge is 2.29. The lowest BCUT2D eigenvalue weighted by molar-refractivity contribution is 0.0693. The van der Waals surface area contributed by atoms with Crippen molar-refractivity contribution >= 4 is 10.9 Å². The van der Waals surface area contributed by atoms with Gasteiger partial charge in [0.05, 0.1) is 17.4 Å². The van der Waals surface area contributed by atoms with Crippen LogP contribution in [0.5, 0.6) is 0 Å². The van der Waals surface area contributed by atoms with E-state index in [-0.39, 0.29) is 5.82 Å². The Bertz CT molecular complexity index is 1220. The molecular formula is C28H31FN4. The highest BCUT2D eigenvalue weighted by molar-refractivity contribution is 5.82. The first kappa shape index (κ1) is 21.8. The Kier molecular flexibility index (Phi) is 6.25. The molecular weight excluding hydrogens is 411 g/mol. The molecule has 5 heteroatoms. The minimum absolute atomic E-state index is 0.234. The van der Waals surface area contributed by atoms with Crippen molar-refractivity contribution in [3.8, 4) is 5.69 Å². The third kappa shape index (κ3) is 4.56. The summed E-state index contributed by atoms with van der Waals surface area (Å²) in [6.07, 6.45) is 3.08. The summed E-state index contributed by atoms with van der Waals surface area (Å²) in [5.41, 5.74) is 5.96. The van der Waals surface area contributed by atoms with E-state index < -0.39 is 0 Å². The number of hydrogen-bond acceptors (Lipinski definition) is 3. The van der Waals surface area contributed by atoms with Gasteiger partial charge in [-0.1, -0.05) is 37.3 Å². The Morgan fingerprint density at radius 2 is 1.79 bits per heavy atom. The molecule has 33 heavy (non-hydrogen) atoms. The van der Waals surface area contributed by atoms with Crippen molar-refractivity contribution in [1.29, 1.82) is 0 Å². The number of benzene rings is 3. The lowest BCUT2D eigenvalue weighted by atomic mass is 9.95. The minimum Gasteiger partial charge on any atom is -0.296 e. The molecule has 0 saturated carbocycles. The summed E-state index contributed by atoms with van der Waals surface area (Å²) >= 11 is 0. The first-order chi connectivity index (χ1) is 16.1. The van der Waals surface area contributed by atoms with Crippen molar-refractivity contribution in [2.24, 2.45) is 0 Å². The van der Waals surface area contributed by atoms with Crippen LogP contribution in [-0.4, -0.2) is 45.8 Å². The number of fused-ring (bicyclic) bond motifs is 1. The lowest BCUT2D eigenvalue weighted by Crippen LogP contribution is -2.48. The largest absolute Gasteiger partial charge is 0.296 e. The maximum absolute atomic E-state index is 13.4. The standard InChI is InChI=1S/C28H31FN4/c1-3-13-32-15-14-31(19-22-7-5-4-6-8-22)20-28(32)26-17-23-18-30-33(27(23)16-21(26)2)25-11-9-24(29)10-12-25/h4-12,16-18,28H,3,13-15,19-20H2,1-2H3/t28-/m0/s1. The van der Waals surface area contributed by atoms with Gasteiger partial charge in [-0.05, 0) is 73.0 Å².